The van der Waals surface area contributed by atoms with Gasteiger partial charge >= 0.3 is 0 Å². The zero-order valence-corrected chi connectivity index (χ0v) is 8.07. The third kappa shape index (κ3) is 1.14. The molecule has 0 fully saturated rings. The Morgan fingerprint density at radius 3 is 3.13 bits per heavy atom. The first-order valence-electron chi connectivity index (χ1n) is 4.86. The molecule has 0 saturated heterocycles. The smallest absolute Gasteiger partial charge is 0.0950 e. The maximum Gasteiger partial charge on any atom is 0.0950 e. The zero-order chi connectivity index (χ0) is 10.3. The van der Waals surface area contributed by atoms with Crippen molar-refractivity contribution in [2.75, 3.05) is 0 Å². The van der Waals surface area contributed by atoms with E-state index in [2.05, 4.69) is 23.2 Å². The number of fused-ring (bicyclic) bond motifs is 2. The Hall–Kier alpha value is -2.14. The van der Waals surface area contributed by atoms with E-state index in [9.17, 15) is 0 Å². The van der Waals surface area contributed by atoms with Crippen molar-refractivity contribution in [1.29, 1.82) is 5.26 Å². The first-order valence-corrected chi connectivity index (χ1v) is 4.86. The summed E-state index contributed by atoms with van der Waals surface area (Å²) in [6.45, 7) is 0. The van der Waals surface area contributed by atoms with Crippen molar-refractivity contribution in [2.45, 2.75) is 6.42 Å². The maximum atomic E-state index is 8.87. The molecule has 0 saturated carbocycles. The number of nitrogens with zero attached hydrogens (tertiary/aromatic N) is 2. The lowest BCUT2D eigenvalue weighted by Gasteiger charge is -2.08. The maximum absolute atomic E-state index is 8.87. The highest BCUT2D eigenvalue weighted by molar-refractivity contribution is 5.84. The molecule has 0 atom stereocenters. The number of nitriles is 1. The molecule has 2 aliphatic rings. The summed E-state index contributed by atoms with van der Waals surface area (Å²) in [7, 11) is 0. The van der Waals surface area contributed by atoms with Gasteiger partial charge in [-0.2, -0.15) is 5.26 Å². The van der Waals surface area contributed by atoms with Crippen molar-refractivity contribution < 1.29 is 0 Å². The van der Waals surface area contributed by atoms with Crippen LogP contribution in [0.2, 0.25) is 0 Å². The van der Waals surface area contributed by atoms with Gasteiger partial charge in [0, 0.05) is 23.4 Å². The van der Waals surface area contributed by atoms with E-state index in [0.29, 0.717) is 0 Å². The number of rotatable bonds is 0. The Labute approximate surface area is 87.2 Å². The highest BCUT2D eigenvalue weighted by Crippen LogP contribution is 2.26. The van der Waals surface area contributed by atoms with Gasteiger partial charge in [-0.25, -0.2) is 0 Å². The largest absolute Gasteiger partial charge is 0.256 e. The third-order valence-electron chi connectivity index (χ3n) is 2.78. The van der Waals surface area contributed by atoms with Gasteiger partial charge in [0.2, 0.25) is 0 Å². The summed E-state index contributed by atoms with van der Waals surface area (Å²) in [5.74, 6) is 0. The lowest BCUT2D eigenvalue weighted by molar-refractivity contribution is 1.21. The van der Waals surface area contributed by atoms with Gasteiger partial charge in [-0.05, 0) is 29.4 Å². The summed E-state index contributed by atoms with van der Waals surface area (Å²) in [5, 5.41) is 11.1. The average Bonchev–Trinajstić information content (AvgIpc) is 2.66. The summed E-state index contributed by atoms with van der Waals surface area (Å²) in [5.41, 5.74) is 3.25. The van der Waals surface area contributed by atoms with E-state index in [1.807, 2.05) is 18.2 Å². The van der Waals surface area contributed by atoms with Crippen molar-refractivity contribution in [1.82, 2.24) is 4.98 Å². The van der Waals surface area contributed by atoms with Crippen LogP contribution in [0.1, 0.15) is 6.42 Å². The number of hydrogen-bond acceptors (Lipinski definition) is 2. The summed E-state index contributed by atoms with van der Waals surface area (Å²) < 4.78 is 0. The van der Waals surface area contributed by atoms with Crippen molar-refractivity contribution in [3.05, 3.63) is 52.2 Å². The van der Waals surface area contributed by atoms with Crippen LogP contribution in [0.4, 0.5) is 0 Å². The summed E-state index contributed by atoms with van der Waals surface area (Å²) in [6.07, 6.45) is 8.50. The van der Waals surface area contributed by atoms with Crippen LogP contribution in [-0.2, 0) is 0 Å². The van der Waals surface area contributed by atoms with E-state index in [1.54, 1.807) is 6.20 Å². The van der Waals surface area contributed by atoms with Gasteiger partial charge < -0.3 is 0 Å². The van der Waals surface area contributed by atoms with Crippen LogP contribution in [0, 0.1) is 11.3 Å². The Kier molecular flexibility index (Phi) is 1.60. The van der Waals surface area contributed by atoms with E-state index in [1.165, 1.54) is 16.4 Å². The zero-order valence-electron chi connectivity index (χ0n) is 8.07. The van der Waals surface area contributed by atoms with E-state index < -0.39 is 0 Å². The summed E-state index contributed by atoms with van der Waals surface area (Å²) >= 11 is 0. The molecule has 0 aliphatic heterocycles. The normalized spacial score (nSPS) is 16.9. The quantitative estimate of drug-likeness (QED) is 0.609. The highest BCUT2D eigenvalue weighted by atomic mass is 14.6. The molecule has 0 N–H and O–H groups in total. The molecule has 2 nitrogen and oxygen atoms in total. The molecule has 3 rings (SSSR count). The van der Waals surface area contributed by atoms with E-state index >= 15 is 0 Å². The molecule has 0 aromatic carbocycles. The second-order valence-electron chi connectivity index (χ2n) is 3.66. The molecule has 0 unspecified atom stereocenters. The Balaban J connectivity index is 2.32. The van der Waals surface area contributed by atoms with Gasteiger partial charge in [-0.3, -0.25) is 4.98 Å². The third-order valence-corrected chi connectivity index (χ3v) is 2.78. The topological polar surface area (TPSA) is 36.7 Å². The van der Waals surface area contributed by atoms with Gasteiger partial charge in [-0.1, -0.05) is 12.1 Å². The van der Waals surface area contributed by atoms with Crippen LogP contribution in [-0.4, -0.2) is 4.98 Å². The van der Waals surface area contributed by atoms with Crippen LogP contribution in [0.5, 0.6) is 0 Å². The predicted octanol–water partition coefficient (Wildman–Crippen LogP) is 0.806. The van der Waals surface area contributed by atoms with Crippen LogP contribution in [0.15, 0.2) is 41.6 Å². The Bertz CT molecular complexity index is 655. The molecule has 0 amide bonds. The molecule has 0 bridgehead atoms. The van der Waals surface area contributed by atoms with Gasteiger partial charge in [0.1, 0.15) is 0 Å². The van der Waals surface area contributed by atoms with E-state index in [0.717, 1.165) is 17.3 Å². The van der Waals surface area contributed by atoms with Crippen molar-refractivity contribution in [2.24, 2.45) is 0 Å². The van der Waals surface area contributed by atoms with Crippen LogP contribution in [0.3, 0.4) is 0 Å². The average molecular weight is 192 g/mol. The monoisotopic (exact) mass is 192 g/mol. The van der Waals surface area contributed by atoms with Gasteiger partial charge in [-0.15, -0.1) is 0 Å². The lowest BCUT2D eigenvalue weighted by Crippen LogP contribution is -2.25. The molecule has 2 heteroatoms. The van der Waals surface area contributed by atoms with Gasteiger partial charge in [0.25, 0.3) is 0 Å². The van der Waals surface area contributed by atoms with Crippen molar-refractivity contribution in [3.63, 3.8) is 0 Å². The summed E-state index contributed by atoms with van der Waals surface area (Å²) in [4.78, 5) is 4.31. The molecule has 70 valence electrons. The minimum atomic E-state index is 0.734. The minimum absolute atomic E-state index is 0.734. The fourth-order valence-corrected chi connectivity index (χ4v) is 2.04. The molecule has 2 aliphatic carbocycles. The first kappa shape index (κ1) is 8.19. The molecule has 0 spiro atoms. The van der Waals surface area contributed by atoms with Crippen LogP contribution in [0.25, 0.3) is 11.6 Å². The second kappa shape index (κ2) is 2.93. The number of allylic oxidation sites excluding steroid dienone is 4. The molecule has 15 heavy (non-hydrogen) atoms. The SMILES string of the molecule is N#CC1=CC=C2C=c3ncccc3=C2C1. The minimum Gasteiger partial charge on any atom is -0.256 e. The Morgan fingerprint density at radius 2 is 2.27 bits per heavy atom. The summed E-state index contributed by atoms with van der Waals surface area (Å²) in [6, 6.07) is 6.21. The van der Waals surface area contributed by atoms with Crippen LogP contribution < -0.4 is 10.6 Å². The van der Waals surface area contributed by atoms with Crippen molar-refractivity contribution in [3.8, 4) is 6.07 Å². The number of aromatic nitrogens is 1. The highest BCUT2D eigenvalue weighted by Gasteiger charge is 2.15. The second-order valence-corrected chi connectivity index (χ2v) is 3.66. The van der Waals surface area contributed by atoms with Gasteiger partial charge in [0.05, 0.1) is 11.4 Å². The molecule has 1 aromatic heterocycles. The predicted molar refractivity (Wildman–Crippen MR) is 57.8 cm³/mol. The van der Waals surface area contributed by atoms with E-state index in [4.69, 9.17) is 5.26 Å². The number of hydrogen-bond donors (Lipinski definition) is 0. The molecular weight excluding hydrogens is 184 g/mol. The standard InChI is InChI=1S/C13H8N2/c14-8-9-3-4-10-7-13-11(12(10)6-9)2-1-5-15-13/h1-5,7H,6H2. The van der Waals surface area contributed by atoms with Gasteiger partial charge in [0.15, 0.2) is 0 Å². The molecular formula is C13H8N2. The van der Waals surface area contributed by atoms with Crippen molar-refractivity contribution >= 4 is 11.6 Å². The molecule has 0 radical (unpaired) electrons. The fraction of sp³-hybridized carbons (Fsp3) is 0.0769. The Morgan fingerprint density at radius 1 is 1.33 bits per heavy atom. The molecule has 1 heterocycles. The molecule has 1 aromatic rings. The first-order chi connectivity index (χ1) is 7.38. The fourth-order valence-electron chi connectivity index (χ4n) is 2.04. The van der Waals surface area contributed by atoms with Crippen LogP contribution >= 0.6 is 0 Å². The van der Waals surface area contributed by atoms with E-state index in [-0.39, 0.29) is 0 Å². The lowest BCUT2D eigenvalue weighted by atomic mass is 9.95. The number of pyridine rings is 1.